The summed E-state index contributed by atoms with van der Waals surface area (Å²) in [5, 5.41) is 0. The van der Waals surface area contributed by atoms with E-state index in [1.54, 1.807) is 7.05 Å². The standard InChI is InChI=1S/C10H14N2O3/c1-11-5-10(15)12(6-9(11)14)4-8(13)7-2-3-7/h7H,2-6H2,1H3. The third-order valence-corrected chi connectivity index (χ3v) is 2.86. The molecule has 2 aliphatic rings. The molecule has 1 saturated carbocycles. The van der Waals surface area contributed by atoms with Crippen LogP contribution < -0.4 is 0 Å². The normalized spacial score (nSPS) is 22.2. The SMILES string of the molecule is CN1CC(=O)N(CC(=O)C2CC2)CC1=O. The largest absolute Gasteiger partial charge is 0.335 e. The summed E-state index contributed by atoms with van der Waals surface area (Å²) in [6.07, 6.45) is 1.88. The second-order valence-electron chi connectivity index (χ2n) is 4.24. The van der Waals surface area contributed by atoms with Crippen molar-refractivity contribution < 1.29 is 14.4 Å². The van der Waals surface area contributed by atoms with Gasteiger partial charge in [0.2, 0.25) is 11.8 Å². The summed E-state index contributed by atoms with van der Waals surface area (Å²) in [4.78, 5) is 37.1. The second kappa shape index (κ2) is 3.64. The molecule has 1 saturated heterocycles. The van der Waals surface area contributed by atoms with Crippen LogP contribution in [0.5, 0.6) is 0 Å². The average Bonchev–Trinajstić information content (AvgIpc) is 2.97. The molecule has 0 aromatic carbocycles. The Kier molecular flexibility index (Phi) is 2.46. The van der Waals surface area contributed by atoms with E-state index >= 15 is 0 Å². The number of ketones is 1. The minimum atomic E-state index is -0.133. The number of Topliss-reactive ketones (excluding diaryl/α,β-unsaturated/α-hetero) is 1. The lowest BCUT2D eigenvalue weighted by Crippen LogP contribution is -2.53. The van der Waals surface area contributed by atoms with Crippen LogP contribution in [0, 0.1) is 5.92 Å². The van der Waals surface area contributed by atoms with E-state index in [1.165, 1.54) is 9.80 Å². The summed E-state index contributed by atoms with van der Waals surface area (Å²) in [7, 11) is 1.60. The number of amides is 2. The van der Waals surface area contributed by atoms with Crippen molar-refractivity contribution in [2.45, 2.75) is 12.8 Å². The van der Waals surface area contributed by atoms with Crippen LogP contribution in [0.3, 0.4) is 0 Å². The maximum absolute atomic E-state index is 11.5. The van der Waals surface area contributed by atoms with E-state index in [1.807, 2.05) is 0 Å². The molecule has 2 amide bonds. The van der Waals surface area contributed by atoms with Crippen molar-refractivity contribution >= 4 is 17.6 Å². The van der Waals surface area contributed by atoms with Crippen molar-refractivity contribution in [1.29, 1.82) is 0 Å². The van der Waals surface area contributed by atoms with E-state index < -0.39 is 0 Å². The van der Waals surface area contributed by atoms with Gasteiger partial charge in [0.15, 0.2) is 5.78 Å². The minimum absolute atomic E-state index is 0.0494. The topological polar surface area (TPSA) is 57.7 Å². The highest BCUT2D eigenvalue weighted by Crippen LogP contribution is 2.30. The Labute approximate surface area is 88.0 Å². The third-order valence-electron chi connectivity index (χ3n) is 2.86. The highest BCUT2D eigenvalue weighted by Gasteiger charge is 2.34. The zero-order valence-corrected chi connectivity index (χ0v) is 8.73. The molecule has 1 heterocycles. The predicted octanol–water partition coefficient (Wildman–Crippen LogP) is -0.734. The van der Waals surface area contributed by atoms with Gasteiger partial charge in [-0.25, -0.2) is 0 Å². The summed E-state index contributed by atoms with van der Waals surface area (Å²) in [5.41, 5.74) is 0. The highest BCUT2D eigenvalue weighted by atomic mass is 16.2. The summed E-state index contributed by atoms with van der Waals surface area (Å²) in [5.74, 6) is 0.0116. The molecule has 15 heavy (non-hydrogen) atoms. The Morgan fingerprint density at radius 3 is 2.53 bits per heavy atom. The molecule has 5 heteroatoms. The summed E-state index contributed by atoms with van der Waals surface area (Å²) in [6.45, 7) is 0.258. The molecule has 0 bridgehead atoms. The molecule has 0 spiro atoms. The number of likely N-dealkylation sites (N-methyl/N-ethyl adjacent to an activating group) is 1. The Morgan fingerprint density at radius 2 is 1.93 bits per heavy atom. The van der Waals surface area contributed by atoms with Crippen LogP contribution >= 0.6 is 0 Å². The van der Waals surface area contributed by atoms with Crippen LogP contribution in [0.2, 0.25) is 0 Å². The first kappa shape index (κ1) is 10.1. The fraction of sp³-hybridized carbons (Fsp3) is 0.700. The Bertz CT molecular complexity index is 323. The van der Waals surface area contributed by atoms with Crippen LogP contribution in [0.4, 0.5) is 0 Å². The van der Waals surface area contributed by atoms with Gasteiger partial charge >= 0.3 is 0 Å². The van der Waals surface area contributed by atoms with E-state index in [-0.39, 0.29) is 43.1 Å². The average molecular weight is 210 g/mol. The zero-order valence-electron chi connectivity index (χ0n) is 8.73. The Balaban J connectivity index is 1.93. The van der Waals surface area contributed by atoms with Gasteiger partial charge in [-0.2, -0.15) is 0 Å². The molecule has 1 aliphatic carbocycles. The number of carbonyl (C=O) groups is 3. The number of nitrogens with zero attached hydrogens (tertiary/aromatic N) is 2. The van der Waals surface area contributed by atoms with Crippen LogP contribution in [0.1, 0.15) is 12.8 Å². The van der Waals surface area contributed by atoms with Crippen LogP contribution in [0.15, 0.2) is 0 Å². The van der Waals surface area contributed by atoms with Crippen LogP contribution in [-0.4, -0.2) is 54.1 Å². The number of hydrogen-bond donors (Lipinski definition) is 0. The van der Waals surface area contributed by atoms with Gasteiger partial charge in [-0.15, -0.1) is 0 Å². The van der Waals surface area contributed by atoms with Crippen molar-refractivity contribution in [3.8, 4) is 0 Å². The molecule has 0 radical (unpaired) electrons. The maximum atomic E-state index is 11.5. The molecular weight excluding hydrogens is 196 g/mol. The predicted molar refractivity (Wildman–Crippen MR) is 51.9 cm³/mol. The van der Waals surface area contributed by atoms with Crippen LogP contribution in [-0.2, 0) is 14.4 Å². The van der Waals surface area contributed by atoms with Gasteiger partial charge in [-0.1, -0.05) is 0 Å². The second-order valence-corrected chi connectivity index (χ2v) is 4.24. The number of carbonyl (C=O) groups excluding carboxylic acids is 3. The van der Waals surface area contributed by atoms with Crippen molar-refractivity contribution in [3.63, 3.8) is 0 Å². The first-order valence-corrected chi connectivity index (χ1v) is 5.12. The van der Waals surface area contributed by atoms with E-state index in [4.69, 9.17) is 0 Å². The summed E-state index contributed by atoms with van der Waals surface area (Å²) >= 11 is 0. The fourth-order valence-corrected chi connectivity index (χ4v) is 1.63. The maximum Gasteiger partial charge on any atom is 0.243 e. The van der Waals surface area contributed by atoms with E-state index in [0.717, 1.165) is 12.8 Å². The quantitative estimate of drug-likeness (QED) is 0.617. The molecule has 2 fully saturated rings. The molecule has 1 aliphatic heterocycles. The first-order chi connectivity index (χ1) is 7.08. The molecule has 0 aromatic rings. The van der Waals surface area contributed by atoms with Gasteiger partial charge in [0, 0.05) is 13.0 Å². The van der Waals surface area contributed by atoms with Gasteiger partial charge in [0.05, 0.1) is 13.1 Å². The molecule has 0 aromatic heterocycles. The van der Waals surface area contributed by atoms with Crippen LogP contribution in [0.25, 0.3) is 0 Å². The van der Waals surface area contributed by atoms with Gasteiger partial charge in [-0.05, 0) is 12.8 Å². The molecule has 0 atom stereocenters. The lowest BCUT2D eigenvalue weighted by atomic mass is 10.2. The van der Waals surface area contributed by atoms with Crippen molar-refractivity contribution in [2.24, 2.45) is 5.92 Å². The van der Waals surface area contributed by atoms with Gasteiger partial charge in [0.1, 0.15) is 6.54 Å². The first-order valence-electron chi connectivity index (χ1n) is 5.12. The lowest BCUT2D eigenvalue weighted by molar-refractivity contribution is -0.150. The van der Waals surface area contributed by atoms with Gasteiger partial charge < -0.3 is 9.80 Å². The Hall–Kier alpha value is -1.39. The molecular formula is C10H14N2O3. The van der Waals surface area contributed by atoms with Gasteiger partial charge in [-0.3, -0.25) is 14.4 Å². The monoisotopic (exact) mass is 210 g/mol. The van der Waals surface area contributed by atoms with Crippen molar-refractivity contribution in [3.05, 3.63) is 0 Å². The number of piperazine rings is 1. The summed E-state index contributed by atoms with van der Waals surface area (Å²) in [6, 6.07) is 0. The van der Waals surface area contributed by atoms with E-state index in [9.17, 15) is 14.4 Å². The molecule has 0 N–H and O–H groups in total. The molecule has 82 valence electrons. The fourth-order valence-electron chi connectivity index (χ4n) is 1.63. The molecule has 2 rings (SSSR count). The highest BCUT2D eigenvalue weighted by molar-refractivity contribution is 5.95. The smallest absolute Gasteiger partial charge is 0.243 e. The summed E-state index contributed by atoms with van der Waals surface area (Å²) < 4.78 is 0. The molecule has 5 nitrogen and oxygen atoms in total. The van der Waals surface area contributed by atoms with Crippen molar-refractivity contribution in [1.82, 2.24) is 9.80 Å². The van der Waals surface area contributed by atoms with E-state index in [0.29, 0.717) is 0 Å². The number of hydrogen-bond acceptors (Lipinski definition) is 3. The van der Waals surface area contributed by atoms with E-state index in [2.05, 4.69) is 0 Å². The van der Waals surface area contributed by atoms with Crippen molar-refractivity contribution in [2.75, 3.05) is 26.7 Å². The number of rotatable bonds is 3. The minimum Gasteiger partial charge on any atom is -0.335 e. The van der Waals surface area contributed by atoms with Gasteiger partial charge in [0.25, 0.3) is 0 Å². The zero-order chi connectivity index (χ0) is 11.0. The Morgan fingerprint density at radius 1 is 1.27 bits per heavy atom. The third kappa shape index (κ3) is 2.16. The lowest BCUT2D eigenvalue weighted by Gasteiger charge is -2.31. The molecule has 0 unspecified atom stereocenters.